The summed E-state index contributed by atoms with van der Waals surface area (Å²) in [6, 6.07) is 0. The number of carboxylic acids is 1. The maximum Gasteiger partial charge on any atom is 0.310 e. The maximum atomic E-state index is 12.8. The van der Waals surface area contributed by atoms with Crippen LogP contribution in [0.4, 0.5) is 0 Å². The quantitative estimate of drug-likeness (QED) is 0.361. The van der Waals surface area contributed by atoms with Crippen LogP contribution in [0.1, 0.15) is 106 Å². The molecule has 0 saturated heterocycles. The number of carbonyl (C=O) groups is 2. The first kappa shape index (κ1) is 24.5. The van der Waals surface area contributed by atoms with Gasteiger partial charge in [-0.1, -0.05) is 53.2 Å². The van der Waals surface area contributed by atoms with Crippen molar-refractivity contribution in [1.29, 1.82) is 0 Å². The van der Waals surface area contributed by atoms with Crippen molar-refractivity contribution >= 4 is 12.3 Å². The minimum atomic E-state index is -0.669. The molecule has 5 aliphatic rings. The van der Waals surface area contributed by atoms with Gasteiger partial charge in [-0.05, 0) is 104 Å². The van der Waals surface area contributed by atoms with Crippen molar-refractivity contribution in [1.82, 2.24) is 0 Å². The Balaban J connectivity index is 1.60. The van der Waals surface area contributed by atoms with E-state index < -0.39 is 22.9 Å². The molecule has 0 aromatic carbocycles. The first-order chi connectivity index (χ1) is 15.7. The van der Waals surface area contributed by atoms with Crippen LogP contribution in [0.25, 0.3) is 0 Å². The highest BCUT2D eigenvalue weighted by atomic mass is 16.4. The minimum Gasteiger partial charge on any atom is -0.481 e. The summed E-state index contributed by atoms with van der Waals surface area (Å²) in [5.74, 6) is 0.201. The second kappa shape index (κ2) is 7.20. The summed E-state index contributed by atoms with van der Waals surface area (Å²) >= 11 is 0. The fourth-order valence-corrected chi connectivity index (χ4v) is 10.5. The van der Waals surface area contributed by atoms with E-state index in [2.05, 4.69) is 40.7 Å². The zero-order chi connectivity index (χ0) is 24.9. The highest BCUT2D eigenvalue weighted by Gasteiger charge is 2.69. The van der Waals surface area contributed by atoms with Gasteiger partial charge in [0.2, 0.25) is 0 Å². The predicted molar refractivity (Wildman–Crippen MR) is 133 cm³/mol. The average Bonchev–Trinajstić information content (AvgIpc) is 2.76. The number of allylic oxidation sites excluding steroid dienone is 2. The second-order valence-corrected chi connectivity index (χ2v) is 14.7. The number of carbonyl (C=O) groups excluding carboxylic acids is 1. The van der Waals surface area contributed by atoms with Crippen LogP contribution in [0.15, 0.2) is 11.6 Å². The Morgan fingerprint density at radius 1 is 0.941 bits per heavy atom. The number of carboxylic acid groups (broad SMARTS) is 1. The van der Waals surface area contributed by atoms with Crippen LogP contribution < -0.4 is 0 Å². The highest BCUT2D eigenvalue weighted by Crippen LogP contribution is 2.75. The van der Waals surface area contributed by atoms with E-state index in [4.69, 9.17) is 0 Å². The first-order valence-corrected chi connectivity index (χ1v) is 13.8. The summed E-state index contributed by atoms with van der Waals surface area (Å²) in [5, 5.41) is 21.3. The molecule has 0 bridgehead atoms. The van der Waals surface area contributed by atoms with Crippen molar-refractivity contribution in [3.8, 4) is 0 Å². The van der Waals surface area contributed by atoms with Gasteiger partial charge in [0.1, 0.15) is 6.29 Å². The Kier molecular flexibility index (Phi) is 5.20. The Bertz CT molecular complexity index is 936. The van der Waals surface area contributed by atoms with Gasteiger partial charge in [0, 0.05) is 0 Å². The molecule has 4 saturated carbocycles. The molecule has 1 unspecified atom stereocenters. The van der Waals surface area contributed by atoms with Gasteiger partial charge in [-0.25, -0.2) is 0 Å². The smallest absolute Gasteiger partial charge is 0.310 e. The molecule has 4 heteroatoms. The maximum absolute atomic E-state index is 12.8. The Labute approximate surface area is 206 Å². The molecule has 0 spiro atoms. The highest BCUT2D eigenvalue weighted by molar-refractivity contribution is 5.76. The second-order valence-electron chi connectivity index (χ2n) is 14.7. The summed E-state index contributed by atoms with van der Waals surface area (Å²) in [7, 11) is 0. The molecule has 9 atom stereocenters. The molecule has 190 valence electrons. The summed E-state index contributed by atoms with van der Waals surface area (Å²) in [4.78, 5) is 25.1. The molecule has 0 amide bonds. The first-order valence-electron chi connectivity index (χ1n) is 13.8. The summed E-state index contributed by atoms with van der Waals surface area (Å²) < 4.78 is 0. The predicted octanol–water partition coefficient (Wildman–Crippen LogP) is 6.41. The molecule has 0 aliphatic heterocycles. The fraction of sp³-hybridized carbons (Fsp3) is 0.867. The number of aliphatic hydroxyl groups is 1. The van der Waals surface area contributed by atoms with Gasteiger partial charge in [0.05, 0.1) is 16.9 Å². The molecule has 0 heterocycles. The molecular weight excluding hydrogens is 424 g/mol. The zero-order valence-corrected chi connectivity index (χ0v) is 22.2. The summed E-state index contributed by atoms with van der Waals surface area (Å²) in [5.41, 5.74) is 0.446. The Morgan fingerprint density at radius 3 is 2.26 bits per heavy atom. The van der Waals surface area contributed by atoms with E-state index in [9.17, 15) is 19.8 Å². The van der Waals surface area contributed by atoms with Gasteiger partial charge < -0.3 is 15.0 Å². The van der Waals surface area contributed by atoms with Crippen molar-refractivity contribution in [2.75, 3.05) is 0 Å². The van der Waals surface area contributed by atoms with Gasteiger partial charge in [-0.15, -0.1) is 0 Å². The number of hydrogen-bond donors (Lipinski definition) is 2. The average molecular weight is 471 g/mol. The monoisotopic (exact) mass is 470 g/mol. The third kappa shape index (κ3) is 2.81. The largest absolute Gasteiger partial charge is 0.481 e. The van der Waals surface area contributed by atoms with Gasteiger partial charge in [-0.3, -0.25) is 4.79 Å². The standard InChI is InChI=1S/C30H46O4/c1-25(2)13-15-30(24(33)34)16-14-28(5)19(20(30)17-25)7-8-22-26(3)11-10-23(32)27(4,18-31)21(26)9-12-29(22,28)6/h7,18,20-23,32H,8-17H2,1-6H3,(H,33,34)/t20-,21+,22?,23-,26-,27-,28+,29+,30-/m0/s1. The number of hydrogen-bond acceptors (Lipinski definition) is 3. The van der Waals surface area contributed by atoms with Crippen LogP contribution >= 0.6 is 0 Å². The third-order valence-electron chi connectivity index (χ3n) is 13.0. The molecule has 2 N–H and O–H groups in total. The van der Waals surface area contributed by atoms with E-state index in [1.807, 2.05) is 6.92 Å². The molecule has 0 radical (unpaired) electrons. The molecule has 5 rings (SSSR count). The number of aliphatic hydroxyl groups excluding tert-OH is 1. The molecule has 0 aromatic heterocycles. The van der Waals surface area contributed by atoms with Crippen LogP contribution in [-0.2, 0) is 9.59 Å². The van der Waals surface area contributed by atoms with Crippen molar-refractivity contribution in [2.45, 2.75) is 112 Å². The lowest BCUT2D eigenvalue weighted by Crippen LogP contribution is -2.65. The van der Waals surface area contributed by atoms with E-state index in [0.29, 0.717) is 12.3 Å². The molecule has 5 aliphatic carbocycles. The molecule has 34 heavy (non-hydrogen) atoms. The van der Waals surface area contributed by atoms with Gasteiger partial charge in [-0.2, -0.15) is 0 Å². The Hall–Kier alpha value is -1.16. The van der Waals surface area contributed by atoms with Gasteiger partial charge in [0.15, 0.2) is 0 Å². The van der Waals surface area contributed by atoms with Crippen molar-refractivity contribution < 1.29 is 19.8 Å². The molecule has 4 fully saturated rings. The van der Waals surface area contributed by atoms with Crippen LogP contribution in [0.5, 0.6) is 0 Å². The number of aliphatic carboxylic acids is 1. The molecule has 4 nitrogen and oxygen atoms in total. The van der Waals surface area contributed by atoms with Crippen LogP contribution in [0, 0.1) is 50.2 Å². The van der Waals surface area contributed by atoms with E-state index in [1.54, 1.807) is 0 Å². The van der Waals surface area contributed by atoms with Crippen LogP contribution in [0.2, 0.25) is 0 Å². The van der Waals surface area contributed by atoms with Crippen LogP contribution in [0.3, 0.4) is 0 Å². The van der Waals surface area contributed by atoms with E-state index in [1.165, 1.54) is 5.57 Å². The molecular formula is C30H46O4. The number of aldehydes is 1. The molecule has 0 aromatic rings. The third-order valence-corrected chi connectivity index (χ3v) is 13.0. The summed E-state index contributed by atoms with van der Waals surface area (Å²) in [6.07, 6.45) is 12.1. The van der Waals surface area contributed by atoms with Crippen molar-refractivity contribution in [3.05, 3.63) is 11.6 Å². The number of fused-ring (bicyclic) bond motifs is 7. The fourth-order valence-electron chi connectivity index (χ4n) is 10.5. The summed E-state index contributed by atoms with van der Waals surface area (Å²) in [6.45, 7) is 14.0. The van der Waals surface area contributed by atoms with Gasteiger partial charge in [0.25, 0.3) is 0 Å². The lowest BCUT2D eigenvalue weighted by atomic mass is 9.33. The van der Waals surface area contributed by atoms with Gasteiger partial charge >= 0.3 is 5.97 Å². The lowest BCUT2D eigenvalue weighted by Gasteiger charge is -2.70. The van der Waals surface area contributed by atoms with Crippen molar-refractivity contribution in [2.24, 2.45) is 50.2 Å². The lowest BCUT2D eigenvalue weighted by molar-refractivity contribution is -0.204. The van der Waals surface area contributed by atoms with E-state index >= 15 is 0 Å². The topological polar surface area (TPSA) is 74.6 Å². The van der Waals surface area contributed by atoms with E-state index in [0.717, 1.165) is 64.1 Å². The minimum absolute atomic E-state index is 0.00538. The zero-order valence-electron chi connectivity index (χ0n) is 22.2. The van der Waals surface area contributed by atoms with E-state index in [-0.39, 0.29) is 33.5 Å². The van der Waals surface area contributed by atoms with Crippen LogP contribution in [-0.4, -0.2) is 28.6 Å². The van der Waals surface area contributed by atoms with Crippen molar-refractivity contribution in [3.63, 3.8) is 0 Å². The SMILES string of the molecule is CC1(C)CC[C@]2(C(=O)O)CC[C@]3(C)C(=CCC4[C@@]5(C)CC[C@H](O)[C@@](C)(C=O)[C@@H]5CC[C@]43C)[C@@H]2C1. The Morgan fingerprint density at radius 2 is 1.62 bits per heavy atom. The number of rotatable bonds is 2. The normalized spacial score (nSPS) is 53.9.